The molecule has 25 heavy (non-hydrogen) atoms. The summed E-state index contributed by atoms with van der Waals surface area (Å²) in [6.45, 7) is 0. The summed E-state index contributed by atoms with van der Waals surface area (Å²) in [5, 5.41) is 22.0. The van der Waals surface area contributed by atoms with Gasteiger partial charge in [0.2, 0.25) is 15.7 Å². The topological polar surface area (TPSA) is 139 Å². The number of sulfone groups is 1. The van der Waals surface area contributed by atoms with E-state index in [0.717, 1.165) is 42.9 Å². The number of aromatic amines is 1. The van der Waals surface area contributed by atoms with E-state index in [1.54, 1.807) is 0 Å². The summed E-state index contributed by atoms with van der Waals surface area (Å²) in [6.07, 6.45) is 2.54. The number of nitrogens with one attached hydrogen (secondary N) is 1. The number of carbonyl (C=O) groups is 1. The molecule has 0 fully saturated rings. The number of allylic oxidation sites excluding steroid dienone is 1. The molecule has 0 unspecified atom stereocenters. The van der Waals surface area contributed by atoms with Crippen LogP contribution in [0.3, 0.4) is 0 Å². The van der Waals surface area contributed by atoms with E-state index in [-0.39, 0.29) is 16.3 Å². The lowest BCUT2D eigenvalue weighted by atomic mass is 10.2. The number of aliphatic hydroxyl groups excluding tert-OH is 1. The maximum Gasteiger partial charge on any atom is 0.239 e. The molecule has 0 amide bonds. The third kappa shape index (κ3) is 3.17. The highest BCUT2D eigenvalue weighted by Gasteiger charge is 2.26. The van der Waals surface area contributed by atoms with Crippen LogP contribution in [0, 0.1) is 5.82 Å². The summed E-state index contributed by atoms with van der Waals surface area (Å²) in [5.74, 6) is -2.29. The molecule has 11 heteroatoms. The Morgan fingerprint density at radius 2 is 1.96 bits per heavy atom. The summed E-state index contributed by atoms with van der Waals surface area (Å²) in [4.78, 5) is 11.6. The van der Waals surface area contributed by atoms with Crippen LogP contribution in [0.15, 0.2) is 57.1 Å². The molecule has 1 aromatic carbocycles. The van der Waals surface area contributed by atoms with Gasteiger partial charge in [-0.25, -0.2) is 12.8 Å². The van der Waals surface area contributed by atoms with Crippen molar-refractivity contribution in [2.75, 3.05) is 0 Å². The van der Waals surface area contributed by atoms with Crippen LogP contribution in [-0.4, -0.2) is 39.9 Å². The molecule has 0 saturated heterocycles. The smallest absolute Gasteiger partial charge is 0.239 e. The Labute approximate surface area is 139 Å². The highest BCUT2D eigenvalue weighted by Crippen LogP contribution is 2.26. The third-order valence-corrected chi connectivity index (χ3v) is 4.94. The average molecular weight is 364 g/mol. The van der Waals surface area contributed by atoms with Gasteiger partial charge in [-0.1, -0.05) is 0 Å². The number of hydrogen-bond acceptors (Lipinski definition) is 8. The van der Waals surface area contributed by atoms with Crippen LogP contribution >= 0.6 is 0 Å². The molecule has 2 aromatic heterocycles. The summed E-state index contributed by atoms with van der Waals surface area (Å²) >= 11 is 0. The Bertz CT molecular complexity index is 1040. The first kappa shape index (κ1) is 16.5. The monoisotopic (exact) mass is 364 g/mol. The number of hydrogen-bond donors (Lipinski definition) is 2. The minimum Gasteiger partial charge on any atom is -0.504 e. The number of benzene rings is 1. The van der Waals surface area contributed by atoms with E-state index in [1.807, 2.05) is 0 Å². The average Bonchev–Trinajstić information content (AvgIpc) is 3.27. The minimum atomic E-state index is -4.12. The van der Waals surface area contributed by atoms with Crippen molar-refractivity contribution in [2.24, 2.45) is 0 Å². The van der Waals surface area contributed by atoms with Gasteiger partial charge in [0.15, 0.2) is 11.5 Å². The minimum absolute atomic E-state index is 0.212. The number of H-pyrrole nitrogens is 1. The van der Waals surface area contributed by atoms with E-state index in [4.69, 9.17) is 4.42 Å². The van der Waals surface area contributed by atoms with Crippen molar-refractivity contribution in [3.05, 3.63) is 60.1 Å². The molecule has 3 aromatic rings. The SMILES string of the molecule is O=C(C=C(O)c1nn[nH]n1)c1cocc1S(=O)(=O)c1ccc(F)cc1. The number of aromatic nitrogens is 4. The highest BCUT2D eigenvalue weighted by molar-refractivity contribution is 7.91. The number of aliphatic hydroxyl groups is 1. The van der Waals surface area contributed by atoms with Crippen molar-refractivity contribution in [1.29, 1.82) is 0 Å². The first-order chi connectivity index (χ1) is 11.9. The summed E-state index contributed by atoms with van der Waals surface area (Å²) in [7, 11) is -4.12. The van der Waals surface area contributed by atoms with E-state index in [0.29, 0.717) is 0 Å². The molecule has 0 bridgehead atoms. The lowest BCUT2D eigenvalue weighted by Crippen LogP contribution is -2.07. The molecule has 0 aliphatic rings. The second-order valence-corrected chi connectivity index (χ2v) is 6.65. The second kappa shape index (κ2) is 6.28. The van der Waals surface area contributed by atoms with Crippen LogP contribution < -0.4 is 0 Å². The van der Waals surface area contributed by atoms with E-state index < -0.39 is 32.1 Å². The van der Waals surface area contributed by atoms with Crippen LogP contribution in [0.4, 0.5) is 4.39 Å². The van der Waals surface area contributed by atoms with Crippen LogP contribution in [-0.2, 0) is 9.84 Å². The number of nitrogens with zero attached hydrogens (tertiary/aromatic N) is 3. The highest BCUT2D eigenvalue weighted by atomic mass is 32.2. The molecular formula is C14H9FN4O5S. The molecule has 0 spiro atoms. The van der Waals surface area contributed by atoms with Gasteiger partial charge in [0.1, 0.15) is 23.2 Å². The quantitative estimate of drug-likeness (QED) is 0.301. The fourth-order valence-electron chi connectivity index (χ4n) is 1.95. The fourth-order valence-corrected chi connectivity index (χ4v) is 3.32. The molecule has 0 radical (unpaired) electrons. The normalized spacial score (nSPS) is 12.3. The summed E-state index contributed by atoms with van der Waals surface area (Å²) < 4.78 is 43.0. The number of rotatable bonds is 5. The van der Waals surface area contributed by atoms with E-state index >= 15 is 0 Å². The van der Waals surface area contributed by atoms with Gasteiger partial charge < -0.3 is 9.52 Å². The number of tetrazole rings is 1. The molecular weight excluding hydrogens is 355 g/mol. The Morgan fingerprint density at radius 3 is 2.60 bits per heavy atom. The van der Waals surface area contributed by atoms with Gasteiger partial charge in [0.25, 0.3) is 0 Å². The van der Waals surface area contributed by atoms with Gasteiger partial charge in [-0.05, 0) is 29.5 Å². The molecule has 2 heterocycles. The Kier molecular flexibility index (Phi) is 4.15. The van der Waals surface area contributed by atoms with Crippen molar-refractivity contribution in [3.63, 3.8) is 0 Å². The van der Waals surface area contributed by atoms with Crippen molar-refractivity contribution in [3.8, 4) is 0 Å². The molecule has 9 nitrogen and oxygen atoms in total. The summed E-state index contributed by atoms with van der Waals surface area (Å²) in [5.41, 5.74) is -0.306. The predicted octanol–water partition coefficient (Wildman–Crippen LogP) is 1.55. The largest absolute Gasteiger partial charge is 0.504 e. The lowest BCUT2D eigenvalue weighted by Gasteiger charge is -2.03. The van der Waals surface area contributed by atoms with E-state index in [1.165, 1.54) is 0 Å². The molecule has 0 aliphatic heterocycles. The zero-order valence-electron chi connectivity index (χ0n) is 12.2. The van der Waals surface area contributed by atoms with Gasteiger partial charge in [-0.3, -0.25) is 4.79 Å². The van der Waals surface area contributed by atoms with Gasteiger partial charge in [-0.2, -0.15) is 5.21 Å². The predicted molar refractivity (Wildman–Crippen MR) is 79.7 cm³/mol. The fraction of sp³-hybridized carbons (Fsp3) is 0. The van der Waals surface area contributed by atoms with Crippen molar-refractivity contribution in [2.45, 2.75) is 9.79 Å². The summed E-state index contributed by atoms with van der Waals surface area (Å²) in [6, 6.07) is 4.10. The van der Waals surface area contributed by atoms with E-state index in [9.17, 15) is 22.7 Å². The van der Waals surface area contributed by atoms with Crippen molar-refractivity contribution < 1.29 is 27.1 Å². The number of ketones is 1. The van der Waals surface area contributed by atoms with Crippen LogP contribution in [0.25, 0.3) is 5.76 Å². The molecule has 0 saturated carbocycles. The third-order valence-electron chi connectivity index (χ3n) is 3.15. The Morgan fingerprint density at radius 1 is 1.24 bits per heavy atom. The molecule has 128 valence electrons. The molecule has 0 aliphatic carbocycles. The standard InChI is InChI=1S/C14H9FN4O5S/c15-8-1-3-9(4-2-8)25(22,23)13-7-24-6-10(13)11(20)5-12(21)14-16-18-19-17-14/h1-7,21H,(H,16,17,18,19). The maximum atomic E-state index is 13.0. The Hall–Kier alpha value is -3.34. The zero-order valence-corrected chi connectivity index (χ0v) is 13.1. The van der Waals surface area contributed by atoms with Gasteiger partial charge in [-0.15, -0.1) is 10.2 Å². The maximum absolute atomic E-state index is 13.0. The second-order valence-electron chi connectivity index (χ2n) is 4.74. The van der Waals surface area contributed by atoms with Crippen molar-refractivity contribution in [1.82, 2.24) is 20.6 Å². The number of carbonyl (C=O) groups excluding carboxylic acids is 1. The van der Waals surface area contributed by atoms with Gasteiger partial charge in [0, 0.05) is 6.08 Å². The molecule has 0 atom stereocenters. The first-order valence-corrected chi connectivity index (χ1v) is 8.13. The first-order valence-electron chi connectivity index (χ1n) is 6.65. The van der Waals surface area contributed by atoms with Crippen molar-refractivity contribution >= 4 is 21.4 Å². The Balaban J connectivity index is 1.99. The number of halogens is 1. The molecule has 3 rings (SSSR count). The van der Waals surface area contributed by atoms with Crippen LogP contribution in [0.5, 0.6) is 0 Å². The zero-order chi connectivity index (χ0) is 18.0. The van der Waals surface area contributed by atoms with Crippen LogP contribution in [0.1, 0.15) is 16.2 Å². The number of furan rings is 1. The van der Waals surface area contributed by atoms with E-state index in [2.05, 4.69) is 20.6 Å². The molecule has 2 N–H and O–H groups in total. The van der Waals surface area contributed by atoms with Crippen LogP contribution in [0.2, 0.25) is 0 Å². The van der Waals surface area contributed by atoms with Gasteiger partial charge in [0.05, 0.1) is 10.5 Å². The lowest BCUT2D eigenvalue weighted by molar-refractivity contribution is 0.104. The van der Waals surface area contributed by atoms with Gasteiger partial charge >= 0.3 is 0 Å².